The number of methoxy groups -OCH3 is 1. The van der Waals surface area contributed by atoms with Crippen molar-refractivity contribution in [2.24, 2.45) is 0 Å². The second-order valence-electron chi connectivity index (χ2n) is 6.77. The summed E-state index contributed by atoms with van der Waals surface area (Å²) in [5.74, 6) is 1.95. The van der Waals surface area contributed by atoms with Gasteiger partial charge in [0.15, 0.2) is 0 Å². The van der Waals surface area contributed by atoms with Gasteiger partial charge in [-0.05, 0) is 42.7 Å². The quantitative estimate of drug-likeness (QED) is 0.639. The van der Waals surface area contributed by atoms with Gasteiger partial charge in [-0.3, -0.25) is 4.79 Å². The van der Waals surface area contributed by atoms with Crippen molar-refractivity contribution in [1.82, 2.24) is 9.97 Å². The van der Waals surface area contributed by atoms with Gasteiger partial charge in [-0.25, -0.2) is 9.97 Å². The van der Waals surface area contributed by atoms with Crippen molar-refractivity contribution in [3.05, 3.63) is 71.7 Å². The van der Waals surface area contributed by atoms with Crippen LogP contribution in [-0.4, -0.2) is 23.0 Å². The normalized spacial score (nSPS) is 10.6. The van der Waals surface area contributed by atoms with Crippen LogP contribution in [0.3, 0.4) is 0 Å². The van der Waals surface area contributed by atoms with E-state index in [0.29, 0.717) is 23.3 Å². The molecule has 0 atom stereocenters. The molecule has 3 rings (SSSR count). The Morgan fingerprint density at radius 1 is 1.00 bits per heavy atom. The highest BCUT2D eigenvalue weighted by Crippen LogP contribution is 2.21. The molecule has 0 fully saturated rings. The SMILES string of the molecule is COc1cccc(Nc2cc(C(=O)Nc3ccc(C(C)C)cc3)nc(C)n2)c1. The van der Waals surface area contributed by atoms with Crippen molar-refractivity contribution < 1.29 is 9.53 Å². The second-order valence-corrected chi connectivity index (χ2v) is 6.77. The summed E-state index contributed by atoms with van der Waals surface area (Å²) in [6.45, 7) is 6.02. The lowest BCUT2D eigenvalue weighted by Crippen LogP contribution is -2.15. The highest BCUT2D eigenvalue weighted by atomic mass is 16.5. The van der Waals surface area contributed by atoms with Crippen molar-refractivity contribution in [3.8, 4) is 5.75 Å². The molecule has 1 aromatic heterocycles. The second kappa shape index (κ2) is 8.52. The molecular weight excluding hydrogens is 352 g/mol. The lowest BCUT2D eigenvalue weighted by atomic mass is 10.0. The molecule has 3 aromatic rings. The van der Waals surface area contributed by atoms with E-state index in [-0.39, 0.29) is 5.91 Å². The number of carbonyl (C=O) groups excluding carboxylic acids is 1. The smallest absolute Gasteiger partial charge is 0.274 e. The van der Waals surface area contributed by atoms with Crippen molar-refractivity contribution in [1.29, 1.82) is 0 Å². The number of rotatable bonds is 6. The maximum Gasteiger partial charge on any atom is 0.274 e. The van der Waals surface area contributed by atoms with Crippen molar-refractivity contribution in [2.45, 2.75) is 26.7 Å². The molecule has 2 N–H and O–H groups in total. The third kappa shape index (κ3) is 4.85. The first-order valence-electron chi connectivity index (χ1n) is 9.12. The van der Waals surface area contributed by atoms with Crippen LogP contribution in [0.2, 0.25) is 0 Å². The number of amides is 1. The van der Waals surface area contributed by atoms with Gasteiger partial charge in [-0.15, -0.1) is 0 Å². The summed E-state index contributed by atoms with van der Waals surface area (Å²) in [5, 5.41) is 6.07. The number of nitrogens with one attached hydrogen (secondary N) is 2. The molecule has 1 amide bonds. The van der Waals surface area contributed by atoms with Crippen LogP contribution < -0.4 is 15.4 Å². The molecule has 0 aliphatic heterocycles. The summed E-state index contributed by atoms with van der Waals surface area (Å²) < 4.78 is 5.23. The van der Waals surface area contributed by atoms with Crippen molar-refractivity contribution >= 4 is 23.1 Å². The molecule has 1 heterocycles. The lowest BCUT2D eigenvalue weighted by Gasteiger charge is -2.11. The van der Waals surface area contributed by atoms with Gasteiger partial charge in [0.25, 0.3) is 5.91 Å². The van der Waals surface area contributed by atoms with Gasteiger partial charge < -0.3 is 15.4 Å². The van der Waals surface area contributed by atoms with E-state index in [0.717, 1.165) is 17.1 Å². The van der Waals surface area contributed by atoms with Gasteiger partial charge in [0.05, 0.1) is 7.11 Å². The molecule has 0 aliphatic rings. The number of hydrogen-bond donors (Lipinski definition) is 2. The number of carbonyl (C=O) groups is 1. The maximum absolute atomic E-state index is 12.6. The minimum absolute atomic E-state index is 0.281. The first-order chi connectivity index (χ1) is 13.4. The number of benzene rings is 2. The molecule has 6 heteroatoms. The number of aryl methyl sites for hydroxylation is 1. The minimum Gasteiger partial charge on any atom is -0.497 e. The van der Waals surface area contributed by atoms with Gasteiger partial charge >= 0.3 is 0 Å². The van der Waals surface area contributed by atoms with E-state index in [1.54, 1.807) is 20.1 Å². The van der Waals surface area contributed by atoms with Crippen LogP contribution in [0, 0.1) is 6.92 Å². The van der Waals surface area contributed by atoms with Crippen LogP contribution in [0.5, 0.6) is 5.75 Å². The van der Waals surface area contributed by atoms with E-state index in [2.05, 4.69) is 34.4 Å². The van der Waals surface area contributed by atoms with Crippen LogP contribution in [0.4, 0.5) is 17.2 Å². The summed E-state index contributed by atoms with van der Waals surface area (Å²) in [6.07, 6.45) is 0. The van der Waals surface area contributed by atoms with Gasteiger partial charge in [-0.2, -0.15) is 0 Å². The zero-order valence-electron chi connectivity index (χ0n) is 16.5. The molecule has 0 radical (unpaired) electrons. The summed E-state index contributed by atoms with van der Waals surface area (Å²) in [5.41, 5.74) is 3.06. The Balaban J connectivity index is 1.77. The summed E-state index contributed by atoms with van der Waals surface area (Å²) in [7, 11) is 1.62. The predicted molar refractivity (Wildman–Crippen MR) is 112 cm³/mol. The van der Waals surface area contributed by atoms with E-state index in [1.165, 1.54) is 5.56 Å². The van der Waals surface area contributed by atoms with E-state index in [1.807, 2.05) is 48.5 Å². The van der Waals surface area contributed by atoms with Crippen LogP contribution >= 0.6 is 0 Å². The lowest BCUT2D eigenvalue weighted by molar-refractivity contribution is 0.102. The Morgan fingerprint density at radius 3 is 2.43 bits per heavy atom. The van der Waals surface area contributed by atoms with Gasteiger partial charge in [-0.1, -0.05) is 32.0 Å². The van der Waals surface area contributed by atoms with Crippen molar-refractivity contribution in [2.75, 3.05) is 17.7 Å². The fourth-order valence-electron chi connectivity index (χ4n) is 2.74. The highest BCUT2D eigenvalue weighted by molar-refractivity contribution is 6.03. The third-order valence-electron chi connectivity index (χ3n) is 4.25. The predicted octanol–water partition coefficient (Wildman–Crippen LogP) is 4.91. The molecule has 144 valence electrons. The van der Waals surface area contributed by atoms with Crippen LogP contribution in [0.15, 0.2) is 54.6 Å². The summed E-state index contributed by atoms with van der Waals surface area (Å²) in [6, 6.07) is 17.0. The Kier molecular flexibility index (Phi) is 5.89. The molecular formula is C22H24N4O2. The fourth-order valence-corrected chi connectivity index (χ4v) is 2.74. The van der Waals surface area contributed by atoms with E-state index in [4.69, 9.17) is 4.74 Å². The molecule has 0 bridgehead atoms. The average Bonchev–Trinajstić information content (AvgIpc) is 2.68. The molecule has 0 spiro atoms. The third-order valence-corrected chi connectivity index (χ3v) is 4.25. The Morgan fingerprint density at radius 2 is 1.75 bits per heavy atom. The average molecular weight is 376 g/mol. The first-order valence-corrected chi connectivity index (χ1v) is 9.12. The Labute approximate surface area is 165 Å². The number of ether oxygens (including phenoxy) is 1. The number of aromatic nitrogens is 2. The molecule has 0 saturated carbocycles. The standard InChI is InChI=1S/C22H24N4O2/c1-14(2)16-8-10-17(11-9-16)26-22(27)20-13-21(24-15(3)23-20)25-18-6-5-7-19(12-18)28-4/h5-14H,1-4H3,(H,26,27)(H,23,24,25). The highest BCUT2D eigenvalue weighted by Gasteiger charge is 2.12. The molecule has 0 aliphatic carbocycles. The number of anilines is 3. The van der Waals surface area contributed by atoms with E-state index >= 15 is 0 Å². The molecule has 0 unspecified atom stereocenters. The number of nitrogens with zero attached hydrogens (tertiary/aromatic N) is 2. The zero-order chi connectivity index (χ0) is 20.1. The minimum atomic E-state index is -0.281. The van der Waals surface area contributed by atoms with Crippen LogP contribution in [0.25, 0.3) is 0 Å². The molecule has 0 saturated heterocycles. The largest absolute Gasteiger partial charge is 0.497 e. The monoisotopic (exact) mass is 376 g/mol. The van der Waals surface area contributed by atoms with Gasteiger partial charge in [0, 0.05) is 23.5 Å². The fraction of sp³-hybridized carbons (Fsp3) is 0.227. The molecule has 2 aromatic carbocycles. The zero-order valence-corrected chi connectivity index (χ0v) is 16.5. The van der Waals surface area contributed by atoms with Crippen LogP contribution in [-0.2, 0) is 0 Å². The topological polar surface area (TPSA) is 76.1 Å². The van der Waals surface area contributed by atoms with Gasteiger partial charge in [0.2, 0.25) is 0 Å². The first kappa shape index (κ1) is 19.4. The molecule has 6 nitrogen and oxygen atoms in total. The maximum atomic E-state index is 12.6. The van der Waals surface area contributed by atoms with Crippen LogP contribution in [0.1, 0.15) is 41.6 Å². The van der Waals surface area contributed by atoms with Gasteiger partial charge in [0.1, 0.15) is 23.1 Å². The Bertz CT molecular complexity index is 969. The van der Waals surface area contributed by atoms with Crippen molar-refractivity contribution in [3.63, 3.8) is 0 Å². The molecule has 28 heavy (non-hydrogen) atoms. The summed E-state index contributed by atoms with van der Waals surface area (Å²) >= 11 is 0. The van der Waals surface area contributed by atoms with E-state index in [9.17, 15) is 4.79 Å². The Hall–Kier alpha value is -3.41. The number of hydrogen-bond acceptors (Lipinski definition) is 5. The summed E-state index contributed by atoms with van der Waals surface area (Å²) in [4.78, 5) is 21.3. The van der Waals surface area contributed by atoms with E-state index < -0.39 is 0 Å².